The fourth-order valence-corrected chi connectivity index (χ4v) is 3.13. The molecule has 2 atom stereocenters. The van der Waals surface area contributed by atoms with Crippen molar-refractivity contribution in [1.82, 2.24) is 5.32 Å². The summed E-state index contributed by atoms with van der Waals surface area (Å²) in [5.41, 5.74) is 2.35. The number of aliphatic hydroxyl groups is 1. The van der Waals surface area contributed by atoms with Crippen molar-refractivity contribution in [2.24, 2.45) is 0 Å². The molecule has 3 nitrogen and oxygen atoms in total. The van der Waals surface area contributed by atoms with Crippen LogP contribution in [0.25, 0.3) is 0 Å². The maximum absolute atomic E-state index is 12.3. The molecular weight excluding hydrogens is 309 g/mol. The normalized spacial score (nSPS) is 20.1. The lowest BCUT2D eigenvalue weighted by atomic mass is 10.1. The third-order valence-electron chi connectivity index (χ3n) is 3.67. The van der Waals surface area contributed by atoms with Gasteiger partial charge in [-0.2, -0.15) is 0 Å². The molecule has 2 aromatic carbocycles. The molecule has 0 spiro atoms. The number of aliphatic hydroxyl groups excluding tert-OH is 1. The van der Waals surface area contributed by atoms with E-state index in [2.05, 4.69) is 5.32 Å². The first-order valence-electron chi connectivity index (χ1n) is 6.58. The first-order valence-corrected chi connectivity index (χ1v) is 7.33. The van der Waals surface area contributed by atoms with Gasteiger partial charge in [0.05, 0.1) is 22.7 Å². The van der Waals surface area contributed by atoms with Gasteiger partial charge in [-0.05, 0) is 29.3 Å². The van der Waals surface area contributed by atoms with E-state index < -0.39 is 12.1 Å². The fourth-order valence-electron chi connectivity index (χ4n) is 2.64. The van der Waals surface area contributed by atoms with Gasteiger partial charge in [0.15, 0.2) is 0 Å². The summed E-state index contributed by atoms with van der Waals surface area (Å²) < 4.78 is 0. The molecule has 5 heteroatoms. The molecule has 2 unspecified atom stereocenters. The van der Waals surface area contributed by atoms with Gasteiger partial charge in [-0.3, -0.25) is 4.79 Å². The monoisotopic (exact) mass is 321 g/mol. The molecule has 1 amide bonds. The molecule has 0 heterocycles. The number of carbonyl (C=O) groups excluding carboxylic acids is 1. The Morgan fingerprint density at radius 3 is 2.71 bits per heavy atom. The van der Waals surface area contributed by atoms with Crippen LogP contribution < -0.4 is 5.32 Å². The second kappa shape index (κ2) is 5.68. The smallest absolute Gasteiger partial charge is 0.253 e. The van der Waals surface area contributed by atoms with Gasteiger partial charge in [-0.1, -0.05) is 47.5 Å². The van der Waals surface area contributed by atoms with Crippen LogP contribution in [0.1, 0.15) is 27.5 Å². The predicted octanol–water partition coefficient (Wildman–Crippen LogP) is 3.38. The van der Waals surface area contributed by atoms with Gasteiger partial charge < -0.3 is 10.4 Å². The van der Waals surface area contributed by atoms with Gasteiger partial charge in [0.1, 0.15) is 0 Å². The topological polar surface area (TPSA) is 49.3 Å². The van der Waals surface area contributed by atoms with E-state index in [-0.39, 0.29) is 5.91 Å². The highest BCUT2D eigenvalue weighted by Gasteiger charge is 2.32. The van der Waals surface area contributed by atoms with Crippen molar-refractivity contribution in [3.63, 3.8) is 0 Å². The molecule has 0 aliphatic heterocycles. The molecule has 2 aromatic rings. The van der Waals surface area contributed by atoms with E-state index in [1.165, 1.54) is 6.07 Å². The third kappa shape index (κ3) is 2.77. The minimum Gasteiger partial charge on any atom is -0.390 e. The average molecular weight is 322 g/mol. The molecule has 1 aliphatic carbocycles. The quantitative estimate of drug-likeness (QED) is 0.890. The van der Waals surface area contributed by atoms with Crippen molar-refractivity contribution < 1.29 is 9.90 Å². The van der Waals surface area contributed by atoms with E-state index in [0.717, 1.165) is 11.1 Å². The van der Waals surface area contributed by atoms with Crippen LogP contribution >= 0.6 is 23.2 Å². The number of halogens is 2. The van der Waals surface area contributed by atoms with Gasteiger partial charge in [0, 0.05) is 11.4 Å². The molecule has 1 aliphatic rings. The molecule has 0 bridgehead atoms. The van der Waals surface area contributed by atoms with Gasteiger partial charge >= 0.3 is 0 Å². The van der Waals surface area contributed by atoms with Crippen molar-refractivity contribution in [2.45, 2.75) is 18.6 Å². The standard InChI is InChI=1S/C16H13Cl2NO2/c17-10-5-6-12(13(18)8-10)16(21)19-15-11-4-2-1-3-9(11)7-14(15)20/h1-6,8,14-15,20H,7H2,(H,19,21). The largest absolute Gasteiger partial charge is 0.390 e. The van der Waals surface area contributed by atoms with Crippen LogP contribution in [-0.2, 0) is 6.42 Å². The molecule has 0 saturated heterocycles. The van der Waals surface area contributed by atoms with E-state index in [1.54, 1.807) is 12.1 Å². The second-order valence-electron chi connectivity index (χ2n) is 5.05. The lowest BCUT2D eigenvalue weighted by Gasteiger charge is -2.18. The van der Waals surface area contributed by atoms with Crippen LogP contribution in [-0.4, -0.2) is 17.1 Å². The second-order valence-corrected chi connectivity index (χ2v) is 5.89. The highest BCUT2D eigenvalue weighted by atomic mass is 35.5. The SMILES string of the molecule is O=C(NC1c2ccccc2CC1O)c1ccc(Cl)cc1Cl. The molecule has 108 valence electrons. The Hall–Kier alpha value is -1.55. The number of carbonyl (C=O) groups is 1. The summed E-state index contributed by atoms with van der Waals surface area (Å²) in [4.78, 5) is 12.3. The summed E-state index contributed by atoms with van der Waals surface area (Å²) in [6.07, 6.45) is -0.0902. The zero-order valence-corrected chi connectivity index (χ0v) is 12.5. The number of rotatable bonds is 2. The van der Waals surface area contributed by atoms with Crippen molar-refractivity contribution in [3.8, 4) is 0 Å². The molecule has 21 heavy (non-hydrogen) atoms. The van der Waals surface area contributed by atoms with Crippen molar-refractivity contribution in [1.29, 1.82) is 0 Å². The molecule has 0 saturated carbocycles. The first-order chi connectivity index (χ1) is 10.1. The Morgan fingerprint density at radius 2 is 1.95 bits per heavy atom. The molecule has 0 aromatic heterocycles. The van der Waals surface area contributed by atoms with Gasteiger partial charge in [0.25, 0.3) is 5.91 Å². The Balaban J connectivity index is 1.85. The number of nitrogens with one attached hydrogen (secondary N) is 1. The summed E-state index contributed by atoms with van der Waals surface area (Å²) >= 11 is 11.9. The van der Waals surface area contributed by atoms with E-state index in [1.807, 2.05) is 24.3 Å². The van der Waals surface area contributed by atoms with E-state index in [4.69, 9.17) is 23.2 Å². The molecule has 0 radical (unpaired) electrons. The fraction of sp³-hybridized carbons (Fsp3) is 0.188. The summed E-state index contributed by atoms with van der Waals surface area (Å²) in [5.74, 6) is -0.322. The number of fused-ring (bicyclic) bond motifs is 1. The van der Waals surface area contributed by atoms with Gasteiger partial charge in [-0.25, -0.2) is 0 Å². The first kappa shape index (κ1) is 14.4. The summed E-state index contributed by atoms with van der Waals surface area (Å²) in [6.45, 7) is 0. The van der Waals surface area contributed by atoms with Gasteiger partial charge in [-0.15, -0.1) is 0 Å². The van der Waals surface area contributed by atoms with Gasteiger partial charge in [0.2, 0.25) is 0 Å². The van der Waals surface area contributed by atoms with Crippen LogP contribution in [0.2, 0.25) is 10.0 Å². The van der Waals surface area contributed by atoms with Crippen molar-refractivity contribution >= 4 is 29.1 Å². The van der Waals surface area contributed by atoms with Crippen LogP contribution in [0.3, 0.4) is 0 Å². The number of hydrogen-bond acceptors (Lipinski definition) is 2. The summed E-state index contributed by atoms with van der Waals surface area (Å²) in [7, 11) is 0. The number of hydrogen-bond donors (Lipinski definition) is 2. The number of amides is 1. The maximum Gasteiger partial charge on any atom is 0.253 e. The lowest BCUT2D eigenvalue weighted by molar-refractivity contribution is 0.0858. The molecule has 3 rings (SSSR count). The van der Waals surface area contributed by atoms with E-state index >= 15 is 0 Å². The van der Waals surface area contributed by atoms with E-state index in [9.17, 15) is 9.90 Å². The minimum absolute atomic E-state index is 0.292. The Morgan fingerprint density at radius 1 is 1.19 bits per heavy atom. The highest BCUT2D eigenvalue weighted by Crippen LogP contribution is 2.32. The summed E-state index contributed by atoms with van der Waals surface area (Å²) in [6, 6.07) is 12.0. The van der Waals surface area contributed by atoms with E-state index in [0.29, 0.717) is 22.0 Å². The van der Waals surface area contributed by atoms with Crippen LogP contribution in [0.4, 0.5) is 0 Å². The zero-order valence-electron chi connectivity index (χ0n) is 11.0. The molecule has 0 fully saturated rings. The Bertz CT molecular complexity index is 702. The Labute approximate surface area is 132 Å². The third-order valence-corrected chi connectivity index (χ3v) is 4.21. The highest BCUT2D eigenvalue weighted by molar-refractivity contribution is 6.36. The minimum atomic E-state index is -0.627. The zero-order chi connectivity index (χ0) is 15.0. The van der Waals surface area contributed by atoms with Crippen molar-refractivity contribution in [3.05, 3.63) is 69.2 Å². The summed E-state index contributed by atoms with van der Waals surface area (Å²) in [5, 5.41) is 13.8. The van der Waals surface area contributed by atoms with Crippen LogP contribution in [0.15, 0.2) is 42.5 Å². The molecule has 2 N–H and O–H groups in total. The van der Waals surface area contributed by atoms with Crippen molar-refractivity contribution in [2.75, 3.05) is 0 Å². The number of benzene rings is 2. The molecular formula is C16H13Cl2NO2. The van der Waals surface area contributed by atoms with Crippen LogP contribution in [0.5, 0.6) is 0 Å². The maximum atomic E-state index is 12.3. The Kier molecular flexibility index (Phi) is 3.89. The predicted molar refractivity (Wildman–Crippen MR) is 82.8 cm³/mol. The lowest BCUT2D eigenvalue weighted by Crippen LogP contribution is -2.34. The van der Waals surface area contributed by atoms with Crippen LogP contribution in [0, 0.1) is 0 Å². The average Bonchev–Trinajstić information content (AvgIpc) is 2.75.